The van der Waals surface area contributed by atoms with Crippen molar-refractivity contribution in [3.63, 3.8) is 0 Å². The summed E-state index contributed by atoms with van der Waals surface area (Å²) < 4.78 is 46.0. The van der Waals surface area contributed by atoms with Crippen LogP contribution in [0.2, 0.25) is 0 Å². The smallest absolute Gasteiger partial charge is 0.387 e. The van der Waals surface area contributed by atoms with E-state index < -0.39 is 18.3 Å². The second-order valence-electron chi connectivity index (χ2n) is 3.97. The van der Waals surface area contributed by atoms with Crippen LogP contribution in [-0.2, 0) is 6.54 Å². The molecule has 0 unspecified atom stereocenters. The highest BCUT2D eigenvalue weighted by Gasteiger charge is 2.17. The largest absolute Gasteiger partial charge is 0.434 e. The number of amides is 1. The van der Waals surface area contributed by atoms with E-state index in [0.717, 1.165) is 17.6 Å². The van der Waals surface area contributed by atoms with Crippen LogP contribution >= 0.6 is 11.5 Å². The van der Waals surface area contributed by atoms with Crippen molar-refractivity contribution in [2.45, 2.75) is 20.1 Å². The molecule has 21 heavy (non-hydrogen) atoms. The second kappa shape index (κ2) is 6.53. The normalized spacial score (nSPS) is 10.7. The van der Waals surface area contributed by atoms with Gasteiger partial charge in [-0.25, -0.2) is 4.39 Å². The SMILES string of the molecule is Cc1nnsc1C(=O)NCc1c(F)cccc1OC(F)F. The lowest BCUT2D eigenvalue weighted by molar-refractivity contribution is -0.0506. The van der Waals surface area contributed by atoms with E-state index in [9.17, 15) is 18.0 Å². The highest BCUT2D eigenvalue weighted by atomic mass is 32.1. The Bertz CT molecular complexity index is 648. The Morgan fingerprint density at radius 3 is 2.86 bits per heavy atom. The summed E-state index contributed by atoms with van der Waals surface area (Å²) in [6.45, 7) is -1.76. The first kappa shape index (κ1) is 15.2. The van der Waals surface area contributed by atoms with Crippen LogP contribution in [0.25, 0.3) is 0 Å². The van der Waals surface area contributed by atoms with E-state index >= 15 is 0 Å². The maximum absolute atomic E-state index is 13.7. The number of alkyl halides is 2. The molecule has 1 amide bonds. The van der Waals surface area contributed by atoms with Gasteiger partial charge < -0.3 is 10.1 Å². The predicted octanol–water partition coefficient (Wildman–Crippen LogP) is 2.52. The maximum atomic E-state index is 13.7. The summed E-state index contributed by atoms with van der Waals surface area (Å²) >= 11 is 0.894. The fourth-order valence-electron chi connectivity index (χ4n) is 1.61. The van der Waals surface area contributed by atoms with Crippen LogP contribution in [0.4, 0.5) is 13.2 Å². The van der Waals surface area contributed by atoms with Gasteiger partial charge in [-0.15, -0.1) is 5.10 Å². The van der Waals surface area contributed by atoms with Crippen LogP contribution in [0.3, 0.4) is 0 Å². The van der Waals surface area contributed by atoms with Crippen LogP contribution in [0.5, 0.6) is 5.75 Å². The predicted molar refractivity (Wildman–Crippen MR) is 68.8 cm³/mol. The minimum Gasteiger partial charge on any atom is -0.434 e. The molecule has 1 N–H and O–H groups in total. The van der Waals surface area contributed by atoms with Crippen LogP contribution in [0.15, 0.2) is 18.2 Å². The van der Waals surface area contributed by atoms with E-state index in [1.54, 1.807) is 6.92 Å². The summed E-state index contributed by atoms with van der Waals surface area (Å²) in [6.07, 6.45) is 0. The summed E-state index contributed by atoms with van der Waals surface area (Å²) in [5.74, 6) is -1.56. The molecular formula is C12H10F3N3O2S. The van der Waals surface area contributed by atoms with Crippen molar-refractivity contribution in [2.24, 2.45) is 0 Å². The van der Waals surface area contributed by atoms with E-state index in [2.05, 4.69) is 19.6 Å². The minimum absolute atomic E-state index is 0.152. The van der Waals surface area contributed by atoms with Gasteiger partial charge in [0, 0.05) is 12.1 Å². The van der Waals surface area contributed by atoms with E-state index in [0.29, 0.717) is 5.69 Å². The molecule has 1 aromatic carbocycles. The number of aromatic nitrogens is 2. The Morgan fingerprint density at radius 2 is 2.24 bits per heavy atom. The monoisotopic (exact) mass is 317 g/mol. The average Bonchev–Trinajstić information content (AvgIpc) is 2.83. The molecule has 0 aliphatic carbocycles. The van der Waals surface area contributed by atoms with E-state index in [1.807, 2.05) is 0 Å². The third kappa shape index (κ3) is 3.69. The first-order chi connectivity index (χ1) is 9.99. The van der Waals surface area contributed by atoms with Gasteiger partial charge in [0.1, 0.15) is 16.4 Å². The summed E-state index contributed by atoms with van der Waals surface area (Å²) in [6, 6.07) is 3.55. The van der Waals surface area contributed by atoms with E-state index in [-0.39, 0.29) is 22.7 Å². The molecule has 0 fully saturated rings. The average molecular weight is 317 g/mol. The molecule has 0 spiro atoms. The molecule has 0 aliphatic rings. The lowest BCUT2D eigenvalue weighted by Gasteiger charge is -2.12. The standard InChI is InChI=1S/C12H10F3N3O2S/c1-6-10(21-18-17-6)11(19)16-5-7-8(13)3-2-4-9(7)20-12(14)15/h2-4,12H,5H2,1H3,(H,16,19). The molecule has 1 heterocycles. The topological polar surface area (TPSA) is 64.1 Å². The zero-order valence-electron chi connectivity index (χ0n) is 10.8. The van der Waals surface area contributed by atoms with Crippen molar-refractivity contribution >= 4 is 17.4 Å². The van der Waals surface area contributed by atoms with E-state index in [1.165, 1.54) is 12.1 Å². The molecule has 0 bridgehead atoms. The van der Waals surface area contributed by atoms with Gasteiger partial charge >= 0.3 is 6.61 Å². The van der Waals surface area contributed by atoms with Gasteiger partial charge in [-0.1, -0.05) is 10.6 Å². The number of carbonyl (C=O) groups is 1. The lowest BCUT2D eigenvalue weighted by atomic mass is 10.2. The Kier molecular flexibility index (Phi) is 4.73. The van der Waals surface area contributed by atoms with Crippen molar-refractivity contribution in [2.75, 3.05) is 0 Å². The maximum Gasteiger partial charge on any atom is 0.387 e. The number of nitrogens with one attached hydrogen (secondary N) is 1. The Hall–Kier alpha value is -2.16. The summed E-state index contributed by atoms with van der Waals surface area (Å²) in [7, 11) is 0. The third-order valence-corrected chi connectivity index (χ3v) is 3.40. The molecule has 2 aromatic rings. The molecular weight excluding hydrogens is 307 g/mol. The molecule has 0 atom stereocenters. The van der Waals surface area contributed by atoms with Gasteiger partial charge in [-0.05, 0) is 30.6 Å². The van der Waals surface area contributed by atoms with Crippen LogP contribution in [-0.4, -0.2) is 22.1 Å². The lowest BCUT2D eigenvalue weighted by Crippen LogP contribution is -2.23. The van der Waals surface area contributed by atoms with Crippen molar-refractivity contribution in [3.05, 3.63) is 40.2 Å². The number of nitrogens with zero attached hydrogens (tertiary/aromatic N) is 2. The van der Waals surface area contributed by atoms with Crippen molar-refractivity contribution in [3.8, 4) is 5.75 Å². The molecule has 2 rings (SSSR count). The van der Waals surface area contributed by atoms with Gasteiger partial charge in [0.25, 0.3) is 5.91 Å². The summed E-state index contributed by atoms with van der Waals surface area (Å²) in [5.41, 5.74) is 0.288. The van der Waals surface area contributed by atoms with Crippen LogP contribution in [0.1, 0.15) is 20.9 Å². The zero-order chi connectivity index (χ0) is 15.4. The Labute approximate surface area is 121 Å². The van der Waals surface area contributed by atoms with Crippen molar-refractivity contribution in [1.29, 1.82) is 0 Å². The summed E-state index contributed by atoms with van der Waals surface area (Å²) in [4.78, 5) is 12.1. The van der Waals surface area contributed by atoms with Gasteiger partial charge in [0.05, 0.1) is 5.69 Å². The van der Waals surface area contributed by atoms with Crippen LogP contribution < -0.4 is 10.1 Å². The van der Waals surface area contributed by atoms with Crippen LogP contribution in [0, 0.1) is 12.7 Å². The number of rotatable bonds is 5. The highest BCUT2D eigenvalue weighted by Crippen LogP contribution is 2.23. The van der Waals surface area contributed by atoms with Gasteiger partial charge in [-0.3, -0.25) is 4.79 Å². The van der Waals surface area contributed by atoms with Crippen molar-refractivity contribution < 1.29 is 22.7 Å². The molecule has 0 saturated heterocycles. The Morgan fingerprint density at radius 1 is 1.48 bits per heavy atom. The zero-order valence-corrected chi connectivity index (χ0v) is 11.6. The number of aryl methyl sites for hydroxylation is 1. The quantitative estimate of drug-likeness (QED) is 0.920. The molecule has 1 aromatic heterocycles. The van der Waals surface area contributed by atoms with Gasteiger partial charge in [-0.2, -0.15) is 8.78 Å². The highest BCUT2D eigenvalue weighted by molar-refractivity contribution is 7.07. The minimum atomic E-state index is -3.07. The number of hydrogen-bond acceptors (Lipinski definition) is 5. The molecule has 0 saturated carbocycles. The molecule has 9 heteroatoms. The molecule has 0 radical (unpaired) electrons. The number of hydrogen-bond donors (Lipinski definition) is 1. The number of ether oxygens (including phenoxy) is 1. The second-order valence-corrected chi connectivity index (χ2v) is 4.72. The number of carbonyl (C=O) groups excluding carboxylic acids is 1. The number of halogens is 3. The first-order valence-electron chi connectivity index (χ1n) is 5.78. The fourth-order valence-corrected chi connectivity index (χ4v) is 2.18. The molecule has 0 aliphatic heterocycles. The third-order valence-electron chi connectivity index (χ3n) is 2.58. The van der Waals surface area contributed by atoms with Crippen molar-refractivity contribution in [1.82, 2.24) is 14.9 Å². The number of benzene rings is 1. The first-order valence-corrected chi connectivity index (χ1v) is 6.55. The summed E-state index contributed by atoms with van der Waals surface area (Å²) in [5, 5.41) is 6.10. The molecule has 5 nitrogen and oxygen atoms in total. The molecule has 112 valence electrons. The van der Waals surface area contributed by atoms with Gasteiger partial charge in [0.2, 0.25) is 0 Å². The van der Waals surface area contributed by atoms with Gasteiger partial charge in [0.15, 0.2) is 0 Å². The van der Waals surface area contributed by atoms with E-state index in [4.69, 9.17) is 0 Å². The Balaban J connectivity index is 2.13. The fraction of sp³-hybridized carbons (Fsp3) is 0.250.